The Morgan fingerprint density at radius 2 is 1.50 bits per heavy atom. The van der Waals surface area contributed by atoms with Gasteiger partial charge in [0.25, 0.3) is 0 Å². The molecule has 0 aromatic carbocycles. The van der Waals surface area contributed by atoms with Crippen molar-refractivity contribution in [2.24, 2.45) is 0 Å². The van der Waals surface area contributed by atoms with Gasteiger partial charge >= 0.3 is 0 Å². The Kier molecular flexibility index (Phi) is 27.6. The van der Waals surface area contributed by atoms with Crippen LogP contribution in [0.1, 0.15) is 0 Å². The molecular weight excluding hydrogens is 196 g/mol. The van der Waals surface area contributed by atoms with Crippen molar-refractivity contribution >= 4 is 33.9 Å². The summed E-state index contributed by atoms with van der Waals surface area (Å²) in [5, 5.41) is 3.16. The van der Waals surface area contributed by atoms with Crippen molar-refractivity contribution < 1.29 is 9.30 Å². The molecule has 0 radical (unpaired) electrons. The van der Waals surface area contributed by atoms with Crippen molar-refractivity contribution in [3.05, 3.63) is 0 Å². The summed E-state index contributed by atoms with van der Waals surface area (Å²) in [6.45, 7) is 3.83. The highest BCUT2D eigenvalue weighted by atomic mass is 35.5. The number of ether oxygens (including phenoxy) is 1. The first-order valence-corrected chi connectivity index (χ1v) is 2.90. The fraction of sp³-hybridized carbons (Fsp3) is 1.00. The lowest BCUT2D eigenvalue weighted by molar-refractivity contribution is 0.109. The van der Waals surface area contributed by atoms with E-state index in [1.54, 1.807) is 9.12 Å². The van der Waals surface area contributed by atoms with Gasteiger partial charge in [-0.3, -0.25) is 4.57 Å². The summed E-state index contributed by atoms with van der Waals surface area (Å²) in [6, 6.07) is 0. The number of rotatable bonds is 0. The second-order valence-electron chi connectivity index (χ2n) is 1.36. The van der Waals surface area contributed by atoms with E-state index in [0.29, 0.717) is 0 Å². The van der Waals surface area contributed by atoms with Crippen molar-refractivity contribution in [2.75, 3.05) is 26.3 Å². The fourth-order valence-electron chi connectivity index (χ4n) is 0.516. The maximum Gasteiger partial charge on any atom is 0.138 e. The van der Waals surface area contributed by atoms with Crippen LogP contribution in [0.3, 0.4) is 0 Å². The third kappa shape index (κ3) is 11.4. The number of halogens is 2. The molecule has 0 bridgehead atoms. The van der Waals surface area contributed by atoms with E-state index in [9.17, 15) is 0 Å². The minimum atomic E-state index is 0. The van der Waals surface area contributed by atoms with Gasteiger partial charge in [-0.15, -0.1) is 24.8 Å². The predicted molar refractivity (Wildman–Crippen MR) is 47.2 cm³/mol. The van der Waals surface area contributed by atoms with Gasteiger partial charge in [0, 0.05) is 13.1 Å². The normalized spacial score (nSPS) is 14.8. The molecule has 1 fully saturated rings. The molecule has 1 rings (SSSR count). The minimum absolute atomic E-state index is 0. The van der Waals surface area contributed by atoms with Crippen LogP contribution in [0.15, 0.2) is 0 Å². The number of nitrogens with one attached hydrogen (secondary N) is 1. The summed E-state index contributed by atoms with van der Waals surface area (Å²) in [4.78, 5) is 0. The second-order valence-corrected chi connectivity index (χ2v) is 1.36. The lowest BCUT2D eigenvalue weighted by atomic mass is 10.5. The Bertz CT molecular complexity index is 45.0. The van der Waals surface area contributed by atoms with Crippen LogP contribution in [-0.2, 0) is 9.30 Å². The molecule has 1 N–H and O–H groups in total. The first kappa shape index (κ1) is 16.9. The van der Waals surface area contributed by atoms with Gasteiger partial charge in [0.2, 0.25) is 0 Å². The molecule has 6 heteroatoms. The highest BCUT2D eigenvalue weighted by Gasteiger charge is 1.92. The Morgan fingerprint density at radius 3 is 1.60 bits per heavy atom. The van der Waals surface area contributed by atoms with Gasteiger partial charge in [-0.1, -0.05) is 0 Å². The average Bonchev–Trinajstić information content (AvgIpc) is 1.96. The van der Waals surface area contributed by atoms with Crippen molar-refractivity contribution in [1.82, 2.24) is 5.32 Å². The summed E-state index contributed by atoms with van der Waals surface area (Å²) in [7, 11) is 1.72. The van der Waals surface area contributed by atoms with Crippen LogP contribution in [0.4, 0.5) is 0 Å². The molecule has 0 unspecified atom stereocenters. The standard InChI is InChI=1S/C4H9NO.2ClH.HOP/c1-3-6-4-2-5-1;;;1-2/h5H,1-4H2;2*1H;2H. The molecule has 1 aliphatic rings. The van der Waals surface area contributed by atoms with Gasteiger partial charge in [0.15, 0.2) is 0 Å². The molecule has 0 aromatic heterocycles. The van der Waals surface area contributed by atoms with Crippen molar-refractivity contribution in [3.8, 4) is 0 Å². The van der Waals surface area contributed by atoms with E-state index in [1.807, 2.05) is 0 Å². The third-order valence-corrected chi connectivity index (χ3v) is 0.846. The summed E-state index contributed by atoms with van der Waals surface area (Å²) in [5.74, 6) is 0. The molecule has 0 saturated carbocycles. The van der Waals surface area contributed by atoms with Crippen LogP contribution in [-0.4, -0.2) is 26.3 Å². The summed E-state index contributed by atoms with van der Waals surface area (Å²) in [6.07, 6.45) is 0. The van der Waals surface area contributed by atoms with E-state index in [2.05, 4.69) is 5.32 Å². The molecule has 64 valence electrons. The van der Waals surface area contributed by atoms with E-state index in [-0.39, 0.29) is 24.8 Å². The topological polar surface area (TPSA) is 38.3 Å². The molecular formula is C4H12Cl2NO2P. The number of hydrogen-bond acceptors (Lipinski definition) is 3. The van der Waals surface area contributed by atoms with Crippen molar-refractivity contribution in [3.63, 3.8) is 0 Å². The monoisotopic (exact) mass is 207 g/mol. The van der Waals surface area contributed by atoms with Gasteiger partial charge in [-0.25, -0.2) is 0 Å². The first-order chi connectivity index (χ1) is 4.00. The van der Waals surface area contributed by atoms with Crippen LogP contribution in [0.25, 0.3) is 0 Å². The zero-order valence-corrected chi connectivity index (χ0v) is 8.09. The van der Waals surface area contributed by atoms with Crippen LogP contribution in [0.5, 0.6) is 0 Å². The van der Waals surface area contributed by atoms with Gasteiger partial charge in [-0.05, 0) is 0 Å². The molecule has 1 heterocycles. The number of hydrogen-bond donors (Lipinski definition) is 1. The largest absolute Gasteiger partial charge is 0.379 e. The molecule has 0 aromatic rings. The fourth-order valence-corrected chi connectivity index (χ4v) is 0.516. The predicted octanol–water partition coefficient (Wildman–Crippen LogP) is 0.924. The smallest absolute Gasteiger partial charge is 0.138 e. The Morgan fingerprint density at radius 1 is 1.10 bits per heavy atom. The molecule has 1 saturated heterocycles. The van der Waals surface area contributed by atoms with E-state index in [1.165, 1.54) is 0 Å². The zero-order chi connectivity index (χ0) is 6.24. The lowest BCUT2D eigenvalue weighted by Gasteiger charge is -2.10. The minimum Gasteiger partial charge on any atom is -0.379 e. The number of morpholine rings is 1. The van der Waals surface area contributed by atoms with Gasteiger partial charge in [0.1, 0.15) is 9.12 Å². The first-order valence-electron chi connectivity index (χ1n) is 2.49. The lowest BCUT2D eigenvalue weighted by Crippen LogP contribution is -2.30. The second kappa shape index (κ2) is 16.3. The van der Waals surface area contributed by atoms with E-state index in [4.69, 9.17) is 9.30 Å². The summed E-state index contributed by atoms with van der Waals surface area (Å²) in [5.41, 5.74) is 0. The van der Waals surface area contributed by atoms with Crippen molar-refractivity contribution in [1.29, 1.82) is 0 Å². The van der Waals surface area contributed by atoms with E-state index >= 15 is 0 Å². The Balaban J connectivity index is -0.000000114. The highest BCUT2D eigenvalue weighted by Crippen LogP contribution is 1.76. The average molecular weight is 208 g/mol. The van der Waals surface area contributed by atoms with Crippen LogP contribution < -0.4 is 5.32 Å². The quantitative estimate of drug-likeness (QED) is 0.601. The molecule has 0 spiro atoms. The van der Waals surface area contributed by atoms with Crippen LogP contribution in [0.2, 0.25) is 0 Å². The van der Waals surface area contributed by atoms with Gasteiger partial charge < -0.3 is 10.1 Å². The zero-order valence-electron chi connectivity index (χ0n) is 5.46. The molecule has 0 atom stereocenters. The van der Waals surface area contributed by atoms with Crippen LogP contribution in [0, 0.1) is 0 Å². The molecule has 0 aliphatic carbocycles. The van der Waals surface area contributed by atoms with Crippen LogP contribution >= 0.6 is 33.9 Å². The maximum atomic E-state index is 8.06. The maximum absolute atomic E-state index is 8.06. The Hall–Kier alpha value is 0.600. The van der Waals surface area contributed by atoms with E-state index < -0.39 is 0 Å². The van der Waals surface area contributed by atoms with Crippen molar-refractivity contribution in [2.45, 2.75) is 0 Å². The molecule has 0 amide bonds. The molecule has 10 heavy (non-hydrogen) atoms. The van der Waals surface area contributed by atoms with Gasteiger partial charge in [-0.2, -0.15) is 0 Å². The summed E-state index contributed by atoms with van der Waals surface area (Å²) < 4.78 is 13.1. The molecule has 3 nitrogen and oxygen atoms in total. The van der Waals surface area contributed by atoms with E-state index in [0.717, 1.165) is 26.3 Å². The van der Waals surface area contributed by atoms with Gasteiger partial charge in [0.05, 0.1) is 13.2 Å². The summed E-state index contributed by atoms with van der Waals surface area (Å²) >= 11 is 0. The SMILES string of the molecule is C1COCCN1.Cl.Cl.O=P. The Labute approximate surface area is 75.3 Å². The third-order valence-electron chi connectivity index (χ3n) is 0.846. The highest BCUT2D eigenvalue weighted by molar-refractivity contribution is 7.00. The molecule has 1 aliphatic heterocycles.